The summed E-state index contributed by atoms with van der Waals surface area (Å²) in [6.45, 7) is 3.60. The molecule has 17 heavy (non-hydrogen) atoms. The predicted octanol–water partition coefficient (Wildman–Crippen LogP) is 3.09. The predicted molar refractivity (Wildman–Crippen MR) is 66.3 cm³/mol. The van der Waals surface area contributed by atoms with Crippen LogP contribution in [0.15, 0.2) is 30.3 Å². The molecule has 2 aromatic rings. The fraction of sp³-hybridized carbons (Fsp3) is 0.143. The van der Waals surface area contributed by atoms with Gasteiger partial charge in [0.25, 0.3) is 0 Å². The molecule has 0 radical (unpaired) electrons. The molecule has 0 amide bonds. The fourth-order valence-electron chi connectivity index (χ4n) is 1.85. The Hall–Kier alpha value is -2.16. The van der Waals surface area contributed by atoms with E-state index in [2.05, 4.69) is 0 Å². The molecule has 0 aliphatic rings. The smallest absolute Gasteiger partial charge is 0.169 e. The summed E-state index contributed by atoms with van der Waals surface area (Å²) in [7, 11) is 0. The standard InChI is InChI=1S/C14H14O3/c1-8-4-3-5-10(6-8)12-13(16)9(2)7-11(15)14(12)17/h3-7,15-17H,1-2H3. The second-order valence-corrected chi connectivity index (χ2v) is 4.15. The molecule has 2 aromatic carbocycles. The Bertz CT molecular complexity index is 548. The van der Waals surface area contributed by atoms with E-state index >= 15 is 0 Å². The van der Waals surface area contributed by atoms with Crippen molar-refractivity contribution in [3.63, 3.8) is 0 Å². The second-order valence-electron chi connectivity index (χ2n) is 4.15. The van der Waals surface area contributed by atoms with Gasteiger partial charge in [-0.3, -0.25) is 0 Å². The van der Waals surface area contributed by atoms with Crippen molar-refractivity contribution in [2.75, 3.05) is 0 Å². The van der Waals surface area contributed by atoms with Gasteiger partial charge in [0.05, 0.1) is 5.56 Å². The van der Waals surface area contributed by atoms with E-state index in [-0.39, 0.29) is 22.8 Å². The minimum atomic E-state index is -0.293. The average molecular weight is 230 g/mol. The van der Waals surface area contributed by atoms with E-state index in [0.29, 0.717) is 11.1 Å². The van der Waals surface area contributed by atoms with Crippen molar-refractivity contribution < 1.29 is 15.3 Å². The first-order valence-electron chi connectivity index (χ1n) is 5.32. The first-order valence-corrected chi connectivity index (χ1v) is 5.32. The van der Waals surface area contributed by atoms with Crippen molar-refractivity contribution in [2.24, 2.45) is 0 Å². The highest BCUT2D eigenvalue weighted by Gasteiger charge is 2.16. The van der Waals surface area contributed by atoms with Gasteiger partial charge < -0.3 is 15.3 Å². The van der Waals surface area contributed by atoms with Crippen molar-refractivity contribution in [3.8, 4) is 28.4 Å². The summed E-state index contributed by atoms with van der Waals surface area (Å²) in [5, 5.41) is 29.4. The Morgan fingerprint density at radius 2 is 1.59 bits per heavy atom. The molecular weight excluding hydrogens is 216 g/mol. The highest BCUT2D eigenvalue weighted by molar-refractivity contribution is 5.80. The van der Waals surface area contributed by atoms with Crippen LogP contribution in [-0.2, 0) is 0 Å². The van der Waals surface area contributed by atoms with E-state index in [4.69, 9.17) is 0 Å². The van der Waals surface area contributed by atoms with Crippen LogP contribution < -0.4 is 0 Å². The third-order valence-electron chi connectivity index (χ3n) is 2.75. The van der Waals surface area contributed by atoms with E-state index in [9.17, 15) is 15.3 Å². The molecular formula is C14H14O3. The molecule has 0 atom stereocenters. The summed E-state index contributed by atoms with van der Waals surface area (Å²) < 4.78 is 0. The van der Waals surface area contributed by atoms with Crippen LogP contribution in [-0.4, -0.2) is 15.3 Å². The fourth-order valence-corrected chi connectivity index (χ4v) is 1.85. The normalized spacial score (nSPS) is 10.5. The molecule has 0 aliphatic heterocycles. The molecule has 0 unspecified atom stereocenters. The van der Waals surface area contributed by atoms with E-state index in [1.165, 1.54) is 6.07 Å². The van der Waals surface area contributed by atoms with Gasteiger partial charge in [0, 0.05) is 0 Å². The van der Waals surface area contributed by atoms with Crippen LogP contribution in [0.3, 0.4) is 0 Å². The second kappa shape index (κ2) is 4.01. The molecule has 0 heterocycles. The zero-order chi connectivity index (χ0) is 12.6. The van der Waals surface area contributed by atoms with E-state index in [1.54, 1.807) is 13.0 Å². The molecule has 3 heteroatoms. The van der Waals surface area contributed by atoms with E-state index < -0.39 is 0 Å². The summed E-state index contributed by atoms with van der Waals surface area (Å²) in [5.74, 6) is -0.526. The van der Waals surface area contributed by atoms with Crippen LogP contribution in [0, 0.1) is 13.8 Å². The van der Waals surface area contributed by atoms with Gasteiger partial charge in [0.1, 0.15) is 5.75 Å². The largest absolute Gasteiger partial charge is 0.507 e. The lowest BCUT2D eigenvalue weighted by Gasteiger charge is -2.12. The zero-order valence-electron chi connectivity index (χ0n) is 9.73. The number of rotatable bonds is 1. The highest BCUT2D eigenvalue weighted by Crippen LogP contribution is 2.44. The molecule has 3 N–H and O–H groups in total. The minimum Gasteiger partial charge on any atom is -0.507 e. The minimum absolute atomic E-state index is 0.00843. The molecule has 88 valence electrons. The Kier molecular flexibility index (Phi) is 2.68. The SMILES string of the molecule is Cc1cccc(-c2c(O)c(C)cc(O)c2O)c1. The van der Waals surface area contributed by atoms with Crippen molar-refractivity contribution >= 4 is 0 Å². The number of hydrogen-bond acceptors (Lipinski definition) is 3. The molecule has 0 aliphatic carbocycles. The number of aryl methyl sites for hydroxylation is 2. The van der Waals surface area contributed by atoms with Gasteiger partial charge in [-0.25, -0.2) is 0 Å². The van der Waals surface area contributed by atoms with E-state index in [1.807, 2.05) is 25.1 Å². The molecule has 0 aromatic heterocycles. The van der Waals surface area contributed by atoms with Crippen molar-refractivity contribution in [3.05, 3.63) is 41.5 Å². The molecule has 0 saturated heterocycles. The Morgan fingerprint density at radius 3 is 2.24 bits per heavy atom. The number of phenols is 3. The third kappa shape index (κ3) is 1.91. The molecule has 0 bridgehead atoms. The Labute approximate surface area is 99.6 Å². The highest BCUT2D eigenvalue weighted by atomic mass is 16.3. The van der Waals surface area contributed by atoms with Crippen molar-refractivity contribution in [1.29, 1.82) is 0 Å². The van der Waals surface area contributed by atoms with Crippen LogP contribution >= 0.6 is 0 Å². The molecule has 0 fully saturated rings. The lowest BCUT2D eigenvalue weighted by molar-refractivity contribution is 0.397. The van der Waals surface area contributed by atoms with Crippen molar-refractivity contribution in [1.82, 2.24) is 0 Å². The maximum absolute atomic E-state index is 9.98. The van der Waals surface area contributed by atoms with E-state index in [0.717, 1.165) is 5.56 Å². The average Bonchev–Trinajstić information content (AvgIpc) is 2.27. The zero-order valence-corrected chi connectivity index (χ0v) is 9.73. The Morgan fingerprint density at radius 1 is 0.882 bits per heavy atom. The Balaban J connectivity index is 2.75. The summed E-state index contributed by atoms with van der Waals surface area (Å²) in [6.07, 6.45) is 0. The lowest BCUT2D eigenvalue weighted by atomic mass is 9.98. The maximum atomic E-state index is 9.98. The van der Waals surface area contributed by atoms with Gasteiger partial charge >= 0.3 is 0 Å². The van der Waals surface area contributed by atoms with Crippen molar-refractivity contribution in [2.45, 2.75) is 13.8 Å². The van der Waals surface area contributed by atoms with Gasteiger partial charge in [-0.15, -0.1) is 0 Å². The maximum Gasteiger partial charge on any atom is 0.169 e. The number of aromatic hydroxyl groups is 3. The molecule has 2 rings (SSSR count). The monoisotopic (exact) mass is 230 g/mol. The molecule has 0 spiro atoms. The summed E-state index contributed by atoms with van der Waals surface area (Å²) in [6, 6.07) is 8.72. The summed E-state index contributed by atoms with van der Waals surface area (Å²) >= 11 is 0. The first kappa shape index (κ1) is 11.3. The molecule has 3 nitrogen and oxygen atoms in total. The van der Waals surface area contributed by atoms with Gasteiger partial charge in [0.15, 0.2) is 11.5 Å². The van der Waals surface area contributed by atoms with Gasteiger partial charge in [0.2, 0.25) is 0 Å². The van der Waals surface area contributed by atoms with Crippen LogP contribution in [0.2, 0.25) is 0 Å². The van der Waals surface area contributed by atoms with Gasteiger partial charge in [-0.05, 0) is 31.0 Å². The number of benzene rings is 2. The van der Waals surface area contributed by atoms with Gasteiger partial charge in [-0.1, -0.05) is 29.8 Å². The van der Waals surface area contributed by atoms with Crippen LogP contribution in [0.25, 0.3) is 11.1 Å². The topological polar surface area (TPSA) is 60.7 Å². The third-order valence-corrected chi connectivity index (χ3v) is 2.75. The van der Waals surface area contributed by atoms with Crippen LogP contribution in [0.1, 0.15) is 11.1 Å². The first-order chi connectivity index (χ1) is 8.00. The van der Waals surface area contributed by atoms with Gasteiger partial charge in [-0.2, -0.15) is 0 Å². The lowest BCUT2D eigenvalue weighted by Crippen LogP contribution is -1.86. The summed E-state index contributed by atoms with van der Waals surface area (Å²) in [5.41, 5.74) is 2.49. The molecule has 0 saturated carbocycles. The quantitative estimate of drug-likeness (QED) is 0.521. The number of hydrogen-bond donors (Lipinski definition) is 3. The van der Waals surface area contributed by atoms with Crippen LogP contribution in [0.4, 0.5) is 0 Å². The van der Waals surface area contributed by atoms with Crippen LogP contribution in [0.5, 0.6) is 17.2 Å². The number of phenolic OH excluding ortho intramolecular Hbond substituents is 3. The summed E-state index contributed by atoms with van der Waals surface area (Å²) in [4.78, 5) is 0.